The summed E-state index contributed by atoms with van der Waals surface area (Å²) >= 11 is 0. The van der Waals surface area contributed by atoms with Gasteiger partial charge in [-0.3, -0.25) is 9.69 Å². The fourth-order valence-corrected chi connectivity index (χ4v) is 3.03. The number of rotatable bonds is 4. The molecule has 0 spiro atoms. The number of hydrogen-bond acceptors (Lipinski definition) is 4. The van der Waals surface area contributed by atoms with Crippen LogP contribution in [-0.4, -0.2) is 60.3 Å². The van der Waals surface area contributed by atoms with Gasteiger partial charge in [-0.05, 0) is 52.2 Å². The van der Waals surface area contributed by atoms with Crippen molar-refractivity contribution in [3.8, 4) is 0 Å². The molecule has 2 aliphatic rings. The molecule has 3 N–H and O–H groups in total. The van der Waals surface area contributed by atoms with E-state index in [9.17, 15) is 4.79 Å². The SMILES string of the molecule is CC(CO)NC(=O)C1CCCN1C1CCNCC1. The number of nitrogens with one attached hydrogen (secondary N) is 2. The van der Waals surface area contributed by atoms with E-state index in [1.54, 1.807) is 0 Å². The van der Waals surface area contributed by atoms with E-state index < -0.39 is 0 Å². The summed E-state index contributed by atoms with van der Waals surface area (Å²) in [5.74, 6) is 0.0904. The number of amides is 1. The van der Waals surface area contributed by atoms with Crippen molar-refractivity contribution in [1.29, 1.82) is 0 Å². The molecule has 5 nitrogen and oxygen atoms in total. The summed E-state index contributed by atoms with van der Waals surface area (Å²) in [5, 5.41) is 15.3. The number of nitrogens with zero attached hydrogens (tertiary/aromatic N) is 1. The van der Waals surface area contributed by atoms with E-state index in [1.165, 1.54) is 0 Å². The molecule has 2 rings (SSSR count). The first-order valence-electron chi connectivity index (χ1n) is 7.10. The van der Waals surface area contributed by atoms with Gasteiger partial charge in [0.2, 0.25) is 5.91 Å². The molecule has 2 atom stereocenters. The molecule has 0 aromatic heterocycles. The Morgan fingerprint density at radius 2 is 2.17 bits per heavy atom. The normalized spacial score (nSPS) is 28.2. The average molecular weight is 255 g/mol. The molecule has 0 aliphatic carbocycles. The van der Waals surface area contributed by atoms with Crippen LogP contribution < -0.4 is 10.6 Å². The molecule has 0 radical (unpaired) electrons. The molecule has 104 valence electrons. The zero-order valence-corrected chi connectivity index (χ0v) is 11.2. The third-order valence-corrected chi connectivity index (χ3v) is 4.04. The summed E-state index contributed by atoms with van der Waals surface area (Å²) in [6.45, 7) is 4.99. The zero-order chi connectivity index (χ0) is 13.0. The third kappa shape index (κ3) is 3.22. The highest BCUT2D eigenvalue weighted by Gasteiger charge is 2.35. The van der Waals surface area contributed by atoms with Gasteiger partial charge >= 0.3 is 0 Å². The summed E-state index contributed by atoms with van der Waals surface area (Å²) in [6, 6.07) is 0.420. The highest BCUT2D eigenvalue weighted by Crippen LogP contribution is 2.24. The molecular formula is C13H25N3O2. The summed E-state index contributed by atoms with van der Waals surface area (Å²) in [7, 11) is 0. The summed E-state index contributed by atoms with van der Waals surface area (Å²) in [6.07, 6.45) is 4.34. The van der Waals surface area contributed by atoms with Gasteiger partial charge in [0.1, 0.15) is 0 Å². The molecule has 2 saturated heterocycles. The second-order valence-corrected chi connectivity index (χ2v) is 5.47. The molecule has 2 unspecified atom stereocenters. The van der Waals surface area contributed by atoms with Gasteiger partial charge in [0.15, 0.2) is 0 Å². The Hall–Kier alpha value is -0.650. The molecule has 1 amide bonds. The molecule has 0 saturated carbocycles. The first kappa shape index (κ1) is 13.8. The molecule has 18 heavy (non-hydrogen) atoms. The quantitative estimate of drug-likeness (QED) is 0.645. The van der Waals surface area contributed by atoms with Crippen LogP contribution in [0, 0.1) is 0 Å². The number of likely N-dealkylation sites (tertiary alicyclic amines) is 1. The standard InChI is InChI=1S/C13H25N3O2/c1-10(9-17)15-13(18)12-3-2-8-16(12)11-4-6-14-7-5-11/h10-12,14,17H,2-9H2,1H3,(H,15,18). The Balaban J connectivity index is 1.91. The molecule has 0 aromatic rings. The minimum Gasteiger partial charge on any atom is -0.394 e. The van der Waals surface area contributed by atoms with Crippen LogP contribution in [0.5, 0.6) is 0 Å². The maximum Gasteiger partial charge on any atom is 0.237 e. The third-order valence-electron chi connectivity index (χ3n) is 4.04. The number of carbonyl (C=O) groups is 1. The predicted molar refractivity (Wildman–Crippen MR) is 70.3 cm³/mol. The lowest BCUT2D eigenvalue weighted by molar-refractivity contribution is -0.127. The Bertz CT molecular complexity index is 279. The van der Waals surface area contributed by atoms with Crippen LogP contribution in [-0.2, 0) is 4.79 Å². The van der Waals surface area contributed by atoms with Crippen LogP contribution in [0.4, 0.5) is 0 Å². The number of hydrogen-bond donors (Lipinski definition) is 3. The van der Waals surface area contributed by atoms with E-state index >= 15 is 0 Å². The minimum absolute atomic E-state index is 0.00576. The van der Waals surface area contributed by atoms with Crippen LogP contribution in [0.15, 0.2) is 0 Å². The van der Waals surface area contributed by atoms with Gasteiger partial charge < -0.3 is 15.7 Å². The van der Waals surface area contributed by atoms with Crippen LogP contribution >= 0.6 is 0 Å². The number of carbonyl (C=O) groups excluding carboxylic acids is 1. The number of piperidine rings is 1. The van der Waals surface area contributed by atoms with Crippen molar-refractivity contribution in [2.45, 2.75) is 50.7 Å². The van der Waals surface area contributed by atoms with Crippen LogP contribution in [0.25, 0.3) is 0 Å². The van der Waals surface area contributed by atoms with Crippen molar-refractivity contribution >= 4 is 5.91 Å². The van der Waals surface area contributed by atoms with Crippen molar-refractivity contribution < 1.29 is 9.90 Å². The summed E-state index contributed by atoms with van der Waals surface area (Å²) in [5.41, 5.74) is 0. The number of aliphatic hydroxyl groups is 1. The van der Waals surface area contributed by atoms with Gasteiger partial charge in [-0.15, -0.1) is 0 Å². The molecular weight excluding hydrogens is 230 g/mol. The molecule has 2 aliphatic heterocycles. The maximum absolute atomic E-state index is 12.2. The van der Waals surface area contributed by atoms with Crippen LogP contribution in [0.2, 0.25) is 0 Å². The highest BCUT2D eigenvalue weighted by atomic mass is 16.3. The molecule has 0 aromatic carbocycles. The predicted octanol–water partition coefficient (Wildman–Crippen LogP) is -0.300. The monoisotopic (exact) mass is 255 g/mol. The summed E-state index contributed by atoms with van der Waals surface area (Å²) in [4.78, 5) is 14.6. The van der Waals surface area contributed by atoms with Crippen molar-refractivity contribution in [1.82, 2.24) is 15.5 Å². The van der Waals surface area contributed by atoms with E-state index in [-0.39, 0.29) is 24.6 Å². The van der Waals surface area contributed by atoms with Crippen molar-refractivity contribution in [3.05, 3.63) is 0 Å². The Kier molecular flexibility index (Phi) is 4.97. The number of aliphatic hydroxyl groups excluding tert-OH is 1. The molecule has 2 heterocycles. The first-order chi connectivity index (χ1) is 8.72. The molecule has 2 fully saturated rings. The topological polar surface area (TPSA) is 64.6 Å². The van der Waals surface area contributed by atoms with E-state index in [2.05, 4.69) is 15.5 Å². The molecule has 0 bridgehead atoms. The lowest BCUT2D eigenvalue weighted by Crippen LogP contribution is -2.52. The first-order valence-corrected chi connectivity index (χ1v) is 7.10. The fourth-order valence-electron chi connectivity index (χ4n) is 3.03. The van der Waals surface area contributed by atoms with Gasteiger partial charge in [0.25, 0.3) is 0 Å². The fraction of sp³-hybridized carbons (Fsp3) is 0.923. The zero-order valence-electron chi connectivity index (χ0n) is 11.2. The van der Waals surface area contributed by atoms with E-state index in [4.69, 9.17) is 5.11 Å². The Labute approximate surface area is 109 Å². The van der Waals surface area contributed by atoms with Crippen LogP contribution in [0.3, 0.4) is 0 Å². The lowest BCUT2D eigenvalue weighted by Gasteiger charge is -2.35. The summed E-state index contributed by atoms with van der Waals surface area (Å²) < 4.78 is 0. The van der Waals surface area contributed by atoms with Crippen LogP contribution in [0.1, 0.15) is 32.6 Å². The van der Waals surface area contributed by atoms with Crippen molar-refractivity contribution in [2.24, 2.45) is 0 Å². The van der Waals surface area contributed by atoms with Gasteiger partial charge in [0, 0.05) is 12.1 Å². The Morgan fingerprint density at radius 1 is 1.44 bits per heavy atom. The van der Waals surface area contributed by atoms with Gasteiger partial charge in [-0.25, -0.2) is 0 Å². The second-order valence-electron chi connectivity index (χ2n) is 5.47. The van der Waals surface area contributed by atoms with Gasteiger partial charge in [-0.2, -0.15) is 0 Å². The van der Waals surface area contributed by atoms with E-state index in [0.29, 0.717) is 6.04 Å². The van der Waals surface area contributed by atoms with Gasteiger partial charge in [-0.1, -0.05) is 0 Å². The minimum atomic E-state index is -0.145. The molecule has 5 heteroatoms. The maximum atomic E-state index is 12.2. The highest BCUT2D eigenvalue weighted by molar-refractivity contribution is 5.82. The second kappa shape index (κ2) is 6.50. The van der Waals surface area contributed by atoms with Gasteiger partial charge in [0.05, 0.1) is 12.6 Å². The van der Waals surface area contributed by atoms with E-state index in [0.717, 1.165) is 45.3 Å². The van der Waals surface area contributed by atoms with Crippen molar-refractivity contribution in [3.63, 3.8) is 0 Å². The van der Waals surface area contributed by atoms with E-state index in [1.807, 2.05) is 6.92 Å². The average Bonchev–Trinajstić information content (AvgIpc) is 2.88. The Morgan fingerprint density at radius 3 is 2.83 bits per heavy atom. The lowest BCUT2D eigenvalue weighted by atomic mass is 10.0. The van der Waals surface area contributed by atoms with Crippen molar-refractivity contribution in [2.75, 3.05) is 26.2 Å². The largest absolute Gasteiger partial charge is 0.394 e. The smallest absolute Gasteiger partial charge is 0.237 e.